The van der Waals surface area contributed by atoms with Gasteiger partial charge in [-0.1, -0.05) is 0 Å². The van der Waals surface area contributed by atoms with E-state index in [0.717, 1.165) is 0 Å². The van der Waals surface area contributed by atoms with Crippen LogP contribution in [-0.2, 0) is 9.47 Å². The van der Waals surface area contributed by atoms with Gasteiger partial charge in [-0.05, 0) is 0 Å². The highest BCUT2D eigenvalue weighted by atomic mass is 35.5. The summed E-state index contributed by atoms with van der Waals surface area (Å²) in [6, 6.07) is -1.78. The summed E-state index contributed by atoms with van der Waals surface area (Å²) in [5.41, 5.74) is 0. The number of aliphatic hydroxyl groups is 8. The van der Waals surface area contributed by atoms with Crippen molar-refractivity contribution in [1.82, 2.24) is 5.32 Å². The van der Waals surface area contributed by atoms with Gasteiger partial charge in [0.25, 0.3) is 0 Å². The van der Waals surface area contributed by atoms with Crippen molar-refractivity contribution in [1.29, 1.82) is 0 Å². The fraction of sp³-hybridized carbons (Fsp3) is 1.00. The van der Waals surface area contributed by atoms with Crippen LogP contribution in [0.1, 0.15) is 0 Å². The topological polar surface area (TPSA) is 255 Å². The Balaban J connectivity index is 0. The Hall–Kier alpha value is -0.230. The fourth-order valence-corrected chi connectivity index (χ4v) is 2.86. The van der Waals surface area contributed by atoms with Gasteiger partial charge in [-0.2, -0.15) is 0 Å². The third-order valence-electron chi connectivity index (χ3n) is 4.44. The minimum Gasteiger partial charge on any atom is -0.412 e. The number of hydrogen-bond acceptors (Lipinski definition) is 11. The van der Waals surface area contributed by atoms with Crippen molar-refractivity contribution in [2.75, 3.05) is 19.8 Å². The number of nitrogens with one attached hydrogen (secondary N) is 1. The van der Waals surface area contributed by atoms with Gasteiger partial charge in [0, 0.05) is 0 Å². The van der Waals surface area contributed by atoms with E-state index in [1.165, 1.54) is 0 Å². The minimum atomic E-state index is -1.59. The molecule has 0 saturated carbocycles. The second-order valence-corrected chi connectivity index (χ2v) is 6.06. The molecule has 2 rings (SSSR count). The second-order valence-electron chi connectivity index (χ2n) is 6.06. The molecule has 0 bridgehead atoms. The molecule has 2 fully saturated rings. The molecule has 0 amide bonds. The van der Waals surface area contributed by atoms with Crippen LogP contribution in [0.4, 0.5) is 0 Å². The average Bonchev–Trinajstić information content (AvgIpc) is 2.58. The molecule has 2 heterocycles. The van der Waals surface area contributed by atoms with Gasteiger partial charge < -0.3 is 66.6 Å². The molecule has 13 nitrogen and oxygen atoms in total. The van der Waals surface area contributed by atoms with E-state index in [4.69, 9.17) is 19.7 Å². The molecule has 0 aromatic heterocycles. The average molecular weight is 428 g/mol. The van der Waals surface area contributed by atoms with E-state index in [-0.39, 0.29) is 30.0 Å². The maximum atomic E-state index is 9.94. The minimum absolute atomic E-state index is 0. The molecule has 27 heavy (non-hydrogen) atoms. The zero-order chi connectivity index (χ0) is 18.0. The third-order valence-corrected chi connectivity index (χ3v) is 4.44. The Morgan fingerprint density at radius 1 is 0.704 bits per heavy atom. The Kier molecular flexibility index (Phi) is 13.3. The van der Waals surface area contributed by atoms with Crippen molar-refractivity contribution in [3.8, 4) is 0 Å². The summed E-state index contributed by atoms with van der Waals surface area (Å²) in [7, 11) is 0. The molecule has 10 unspecified atom stereocenters. The molecular formula is C13H30ClNO12. The molecular weight excluding hydrogens is 398 g/mol. The summed E-state index contributed by atoms with van der Waals surface area (Å²) < 4.78 is 10.4. The van der Waals surface area contributed by atoms with Crippen LogP contribution in [0.2, 0.25) is 0 Å². The Morgan fingerprint density at radius 2 is 1.22 bits per heavy atom. The number of ether oxygens (including phenoxy) is 2. The lowest BCUT2D eigenvalue weighted by Gasteiger charge is -2.43. The van der Waals surface area contributed by atoms with Gasteiger partial charge in [-0.25, -0.2) is 0 Å². The van der Waals surface area contributed by atoms with Gasteiger partial charge in [-0.15, -0.1) is 12.4 Å². The quantitative estimate of drug-likeness (QED) is 0.199. The van der Waals surface area contributed by atoms with E-state index in [1.54, 1.807) is 0 Å². The predicted octanol–water partition coefficient (Wildman–Crippen LogP) is -7.01. The van der Waals surface area contributed by atoms with Gasteiger partial charge in [-0.3, -0.25) is 0 Å². The van der Waals surface area contributed by atoms with Crippen molar-refractivity contribution in [3.63, 3.8) is 0 Å². The first kappa shape index (κ1) is 29.0. The molecule has 166 valence electrons. The summed E-state index contributed by atoms with van der Waals surface area (Å²) in [4.78, 5) is 0. The summed E-state index contributed by atoms with van der Waals surface area (Å²) in [5, 5.41) is 79.6. The SMILES string of the molecule is Cl.O.O.OCC1NC(COC2OC(CO)C(O)C(O)C2O)C(O)C(O)C1O. The van der Waals surface area contributed by atoms with Gasteiger partial charge in [0.2, 0.25) is 0 Å². The maximum absolute atomic E-state index is 9.94. The molecule has 14 heteroatoms. The van der Waals surface area contributed by atoms with Crippen molar-refractivity contribution in [3.05, 3.63) is 0 Å². The largest absolute Gasteiger partial charge is 0.412 e. The van der Waals surface area contributed by atoms with Gasteiger partial charge in [0.05, 0.1) is 44.1 Å². The van der Waals surface area contributed by atoms with E-state index in [0.29, 0.717) is 0 Å². The van der Waals surface area contributed by atoms with Crippen molar-refractivity contribution < 1.29 is 61.3 Å². The van der Waals surface area contributed by atoms with Crippen LogP contribution in [0.3, 0.4) is 0 Å². The van der Waals surface area contributed by atoms with E-state index in [2.05, 4.69) is 5.32 Å². The van der Waals surface area contributed by atoms with Crippen LogP contribution in [0, 0.1) is 0 Å². The monoisotopic (exact) mass is 427 g/mol. The third kappa shape index (κ3) is 6.12. The van der Waals surface area contributed by atoms with E-state index in [9.17, 15) is 30.6 Å². The molecule has 0 radical (unpaired) electrons. The fourth-order valence-electron chi connectivity index (χ4n) is 2.86. The number of piperidine rings is 1. The lowest BCUT2D eigenvalue weighted by molar-refractivity contribution is -0.304. The van der Waals surface area contributed by atoms with Crippen LogP contribution >= 0.6 is 12.4 Å². The van der Waals surface area contributed by atoms with E-state index >= 15 is 0 Å². The first-order valence-corrected chi connectivity index (χ1v) is 7.65. The normalized spacial score (nSPS) is 44.4. The van der Waals surface area contributed by atoms with Crippen LogP contribution < -0.4 is 5.32 Å². The van der Waals surface area contributed by atoms with Crippen LogP contribution in [0.15, 0.2) is 0 Å². The van der Waals surface area contributed by atoms with Crippen LogP contribution in [-0.4, -0.2) is 133 Å². The Labute approximate surface area is 160 Å². The van der Waals surface area contributed by atoms with Gasteiger partial charge in [0.1, 0.15) is 30.5 Å². The highest BCUT2D eigenvalue weighted by Crippen LogP contribution is 2.23. The molecule has 0 aromatic rings. The van der Waals surface area contributed by atoms with Crippen LogP contribution in [0.5, 0.6) is 0 Å². The van der Waals surface area contributed by atoms with Gasteiger partial charge >= 0.3 is 0 Å². The zero-order valence-corrected chi connectivity index (χ0v) is 15.0. The summed E-state index contributed by atoms with van der Waals surface area (Å²) in [6.07, 6.45) is -11.5. The lowest BCUT2D eigenvalue weighted by atomic mass is 9.91. The molecule has 2 aliphatic heterocycles. The second kappa shape index (κ2) is 12.4. The molecule has 0 aromatic carbocycles. The van der Waals surface area contributed by atoms with Gasteiger partial charge in [0.15, 0.2) is 6.29 Å². The van der Waals surface area contributed by atoms with Crippen LogP contribution in [0.25, 0.3) is 0 Å². The molecule has 0 aliphatic carbocycles. The Morgan fingerprint density at radius 3 is 1.74 bits per heavy atom. The molecule has 2 saturated heterocycles. The lowest BCUT2D eigenvalue weighted by Crippen LogP contribution is -2.67. The molecule has 10 atom stereocenters. The number of halogens is 1. The zero-order valence-electron chi connectivity index (χ0n) is 14.2. The number of rotatable bonds is 5. The maximum Gasteiger partial charge on any atom is 0.186 e. The van der Waals surface area contributed by atoms with Crippen molar-refractivity contribution in [2.24, 2.45) is 0 Å². The predicted molar refractivity (Wildman–Crippen MR) is 90.0 cm³/mol. The number of hydrogen-bond donors (Lipinski definition) is 9. The smallest absolute Gasteiger partial charge is 0.186 e. The van der Waals surface area contributed by atoms with Crippen molar-refractivity contribution >= 4 is 12.4 Å². The van der Waals surface area contributed by atoms with E-state index < -0.39 is 74.3 Å². The first-order valence-electron chi connectivity index (χ1n) is 7.65. The van der Waals surface area contributed by atoms with E-state index in [1.807, 2.05) is 0 Å². The highest BCUT2D eigenvalue weighted by Gasteiger charge is 2.46. The highest BCUT2D eigenvalue weighted by molar-refractivity contribution is 5.85. The molecule has 2 aliphatic rings. The first-order chi connectivity index (χ1) is 11.3. The summed E-state index contributed by atoms with van der Waals surface area (Å²) >= 11 is 0. The Bertz CT molecular complexity index is 369. The number of aliphatic hydroxyl groups excluding tert-OH is 8. The standard InChI is InChI=1S/C13H25NO10.ClH.2H2O/c15-1-4-7(17)10(20)8(18)5(14-4)3-23-13-12(22)11(21)9(19)6(2-16)24-13;;;/h4-22H,1-3H2;1H;2*1H2. The molecule has 0 spiro atoms. The van der Waals surface area contributed by atoms with Crippen molar-refractivity contribution in [2.45, 2.75) is 61.1 Å². The summed E-state index contributed by atoms with van der Waals surface area (Å²) in [5.74, 6) is 0. The summed E-state index contributed by atoms with van der Waals surface area (Å²) in [6.45, 7) is -1.39. The molecule has 13 N–H and O–H groups in total.